The van der Waals surface area contributed by atoms with Gasteiger partial charge in [-0.15, -0.1) is 0 Å². The summed E-state index contributed by atoms with van der Waals surface area (Å²) in [5.74, 6) is -0.174. The second kappa shape index (κ2) is 3.86. The summed E-state index contributed by atoms with van der Waals surface area (Å²) in [6.07, 6.45) is 2.90. The zero-order valence-electron chi connectivity index (χ0n) is 10.9. The van der Waals surface area contributed by atoms with Crippen LogP contribution in [0, 0.1) is 0 Å². The summed E-state index contributed by atoms with van der Waals surface area (Å²) >= 11 is 0. The Balaban J connectivity index is 2.32. The maximum absolute atomic E-state index is 11.6. The molecule has 0 aromatic heterocycles. The molecule has 2 rings (SSSR count). The van der Waals surface area contributed by atoms with Crippen molar-refractivity contribution in [2.24, 2.45) is 5.73 Å². The van der Waals surface area contributed by atoms with E-state index in [0.717, 1.165) is 24.8 Å². The molecule has 0 spiro atoms. The van der Waals surface area contributed by atoms with Crippen LogP contribution in [0.3, 0.4) is 0 Å². The standard InChI is InChI=1S/C15H21NO/c1-14(2,3)11-5-7-12(8-6-11)15(13(16)17)9-4-10-15/h5-8H,4,9-10H2,1-3H3,(H2,16,17). The predicted octanol–water partition coefficient (Wildman–Crippen LogP) is 2.89. The zero-order chi connectivity index (χ0) is 12.7. The normalized spacial score (nSPS) is 18.5. The number of rotatable bonds is 2. The molecule has 0 saturated heterocycles. The molecule has 1 saturated carbocycles. The Hall–Kier alpha value is -1.31. The first-order chi connectivity index (χ1) is 7.86. The van der Waals surface area contributed by atoms with Crippen molar-refractivity contribution in [2.75, 3.05) is 0 Å². The minimum Gasteiger partial charge on any atom is -0.369 e. The highest BCUT2D eigenvalue weighted by Crippen LogP contribution is 2.43. The number of primary amides is 1. The Kier molecular flexibility index (Phi) is 2.76. The lowest BCUT2D eigenvalue weighted by molar-refractivity contribution is -0.126. The monoisotopic (exact) mass is 231 g/mol. The first-order valence-corrected chi connectivity index (χ1v) is 6.27. The van der Waals surface area contributed by atoms with Crippen LogP contribution in [0.1, 0.15) is 51.2 Å². The van der Waals surface area contributed by atoms with Crippen molar-refractivity contribution >= 4 is 5.91 Å². The number of carbonyl (C=O) groups is 1. The highest BCUT2D eigenvalue weighted by Gasteiger charge is 2.44. The molecule has 0 heterocycles. The third-order valence-electron chi connectivity index (χ3n) is 3.98. The van der Waals surface area contributed by atoms with Crippen LogP contribution in [0.5, 0.6) is 0 Å². The van der Waals surface area contributed by atoms with Crippen LogP contribution in [0.4, 0.5) is 0 Å². The highest BCUT2D eigenvalue weighted by atomic mass is 16.1. The van der Waals surface area contributed by atoms with Crippen LogP contribution >= 0.6 is 0 Å². The van der Waals surface area contributed by atoms with Crippen LogP contribution in [0.25, 0.3) is 0 Å². The summed E-state index contributed by atoms with van der Waals surface area (Å²) < 4.78 is 0. The summed E-state index contributed by atoms with van der Waals surface area (Å²) in [6, 6.07) is 8.39. The quantitative estimate of drug-likeness (QED) is 0.835. The molecular weight excluding hydrogens is 210 g/mol. The zero-order valence-corrected chi connectivity index (χ0v) is 10.9. The van der Waals surface area contributed by atoms with Gasteiger partial charge < -0.3 is 5.73 Å². The molecule has 0 unspecified atom stereocenters. The number of carbonyl (C=O) groups excluding carboxylic acids is 1. The first kappa shape index (κ1) is 12.2. The van der Waals surface area contributed by atoms with Gasteiger partial charge in [0.25, 0.3) is 0 Å². The molecule has 1 aliphatic rings. The van der Waals surface area contributed by atoms with Crippen LogP contribution in [-0.2, 0) is 15.6 Å². The second-order valence-electron chi connectivity index (χ2n) is 6.13. The summed E-state index contributed by atoms with van der Waals surface area (Å²) in [5.41, 5.74) is 7.70. The number of hydrogen-bond donors (Lipinski definition) is 1. The molecule has 0 radical (unpaired) electrons. The van der Waals surface area contributed by atoms with Crippen molar-refractivity contribution in [1.82, 2.24) is 0 Å². The lowest BCUT2D eigenvalue weighted by atomic mass is 9.63. The smallest absolute Gasteiger partial charge is 0.228 e. The third-order valence-corrected chi connectivity index (χ3v) is 3.98. The third kappa shape index (κ3) is 1.97. The van der Waals surface area contributed by atoms with Gasteiger partial charge in [-0.2, -0.15) is 0 Å². The van der Waals surface area contributed by atoms with Gasteiger partial charge in [0.1, 0.15) is 0 Å². The van der Waals surface area contributed by atoms with E-state index in [-0.39, 0.29) is 16.7 Å². The van der Waals surface area contributed by atoms with Crippen molar-refractivity contribution in [2.45, 2.75) is 50.9 Å². The maximum atomic E-state index is 11.6. The molecule has 17 heavy (non-hydrogen) atoms. The average Bonchev–Trinajstić information content (AvgIpc) is 2.14. The van der Waals surface area contributed by atoms with Crippen molar-refractivity contribution in [3.63, 3.8) is 0 Å². The van der Waals surface area contributed by atoms with Crippen molar-refractivity contribution < 1.29 is 4.79 Å². The van der Waals surface area contributed by atoms with Gasteiger partial charge in [-0.3, -0.25) is 4.79 Å². The molecule has 1 fully saturated rings. The number of hydrogen-bond acceptors (Lipinski definition) is 1. The fourth-order valence-electron chi connectivity index (χ4n) is 2.50. The van der Waals surface area contributed by atoms with Crippen LogP contribution in [-0.4, -0.2) is 5.91 Å². The second-order valence-corrected chi connectivity index (χ2v) is 6.13. The Morgan fingerprint density at radius 2 is 1.71 bits per heavy atom. The minimum atomic E-state index is -0.379. The fourth-order valence-corrected chi connectivity index (χ4v) is 2.50. The Bertz CT molecular complexity index is 421. The molecule has 0 aliphatic heterocycles. The summed E-state index contributed by atoms with van der Waals surface area (Å²) in [6.45, 7) is 6.57. The SMILES string of the molecule is CC(C)(C)c1ccc(C2(C(N)=O)CCC2)cc1. The van der Waals surface area contributed by atoms with E-state index in [4.69, 9.17) is 5.73 Å². The lowest BCUT2D eigenvalue weighted by Crippen LogP contribution is -2.46. The number of nitrogens with two attached hydrogens (primary N) is 1. The minimum absolute atomic E-state index is 0.151. The summed E-state index contributed by atoms with van der Waals surface area (Å²) in [4.78, 5) is 11.6. The molecule has 0 atom stereocenters. The van der Waals surface area contributed by atoms with Crippen LogP contribution in [0.2, 0.25) is 0 Å². The average molecular weight is 231 g/mol. The van der Waals surface area contributed by atoms with E-state index >= 15 is 0 Å². The number of benzene rings is 1. The Labute approximate surface area is 103 Å². The van der Waals surface area contributed by atoms with E-state index in [1.807, 2.05) is 0 Å². The Morgan fingerprint density at radius 1 is 1.18 bits per heavy atom. The van der Waals surface area contributed by atoms with E-state index in [2.05, 4.69) is 45.0 Å². The summed E-state index contributed by atoms with van der Waals surface area (Å²) in [7, 11) is 0. The van der Waals surface area contributed by atoms with Gasteiger partial charge in [0.15, 0.2) is 0 Å². The maximum Gasteiger partial charge on any atom is 0.228 e. The molecule has 1 amide bonds. The van der Waals surface area contributed by atoms with Gasteiger partial charge in [0, 0.05) is 0 Å². The first-order valence-electron chi connectivity index (χ1n) is 6.27. The van der Waals surface area contributed by atoms with Crippen molar-refractivity contribution in [3.8, 4) is 0 Å². The molecule has 2 heteroatoms. The van der Waals surface area contributed by atoms with Gasteiger partial charge in [0.05, 0.1) is 5.41 Å². The molecule has 2 nitrogen and oxygen atoms in total. The lowest BCUT2D eigenvalue weighted by Gasteiger charge is -2.39. The van der Waals surface area contributed by atoms with E-state index in [1.165, 1.54) is 5.56 Å². The largest absolute Gasteiger partial charge is 0.369 e. The van der Waals surface area contributed by atoms with Gasteiger partial charge in [-0.25, -0.2) is 0 Å². The highest BCUT2D eigenvalue weighted by molar-refractivity contribution is 5.87. The van der Waals surface area contributed by atoms with E-state index in [9.17, 15) is 4.79 Å². The van der Waals surface area contributed by atoms with Gasteiger partial charge in [0.2, 0.25) is 5.91 Å². The molecule has 1 aromatic carbocycles. The molecule has 1 aliphatic carbocycles. The summed E-state index contributed by atoms with van der Waals surface area (Å²) in [5, 5.41) is 0. The van der Waals surface area contributed by atoms with Gasteiger partial charge >= 0.3 is 0 Å². The van der Waals surface area contributed by atoms with Crippen LogP contribution < -0.4 is 5.73 Å². The van der Waals surface area contributed by atoms with Crippen LogP contribution in [0.15, 0.2) is 24.3 Å². The molecule has 2 N–H and O–H groups in total. The number of amides is 1. The van der Waals surface area contributed by atoms with Crippen molar-refractivity contribution in [3.05, 3.63) is 35.4 Å². The van der Waals surface area contributed by atoms with Gasteiger partial charge in [-0.05, 0) is 29.4 Å². The fraction of sp³-hybridized carbons (Fsp3) is 0.533. The predicted molar refractivity (Wildman–Crippen MR) is 69.9 cm³/mol. The van der Waals surface area contributed by atoms with E-state index < -0.39 is 0 Å². The molecule has 1 aromatic rings. The topological polar surface area (TPSA) is 43.1 Å². The van der Waals surface area contributed by atoms with E-state index in [0.29, 0.717) is 0 Å². The molecular formula is C15H21NO. The molecule has 92 valence electrons. The molecule has 0 bridgehead atoms. The Morgan fingerprint density at radius 3 is 2.00 bits per heavy atom. The van der Waals surface area contributed by atoms with Gasteiger partial charge in [-0.1, -0.05) is 51.5 Å². The van der Waals surface area contributed by atoms with E-state index in [1.54, 1.807) is 0 Å². The van der Waals surface area contributed by atoms with Crippen molar-refractivity contribution in [1.29, 1.82) is 0 Å².